The predicted molar refractivity (Wildman–Crippen MR) is 103 cm³/mol. The minimum atomic E-state index is -0.266. The molecule has 0 N–H and O–H groups in total. The number of ether oxygens (including phenoxy) is 4. The summed E-state index contributed by atoms with van der Waals surface area (Å²) in [5, 5.41) is -0.266. The maximum absolute atomic E-state index is 5.61. The quantitative estimate of drug-likeness (QED) is 0.455. The van der Waals surface area contributed by atoms with Crippen molar-refractivity contribution in [2.45, 2.75) is 5.25 Å². The van der Waals surface area contributed by atoms with E-state index in [2.05, 4.69) is 12.6 Å². The smallest absolute Gasteiger partial charge is 0.161 e. The van der Waals surface area contributed by atoms with E-state index in [0.29, 0.717) is 27.9 Å². The lowest BCUT2D eigenvalue weighted by Gasteiger charge is -2.17. The van der Waals surface area contributed by atoms with Crippen LogP contribution in [0.4, 0.5) is 0 Å². The molecule has 0 aliphatic carbocycles. The van der Waals surface area contributed by atoms with Crippen molar-refractivity contribution in [3.05, 3.63) is 47.5 Å². The topological polar surface area (TPSA) is 36.9 Å². The molecule has 128 valence electrons. The summed E-state index contributed by atoms with van der Waals surface area (Å²) in [6, 6.07) is 11.2. The van der Waals surface area contributed by atoms with Gasteiger partial charge in [-0.15, -0.1) is 0 Å². The molecule has 4 nitrogen and oxygen atoms in total. The zero-order valence-corrected chi connectivity index (χ0v) is 15.7. The second-order valence-electron chi connectivity index (χ2n) is 4.95. The minimum absolute atomic E-state index is 0.266. The van der Waals surface area contributed by atoms with E-state index in [4.69, 9.17) is 31.2 Å². The number of hydrogen-bond donors (Lipinski definition) is 1. The van der Waals surface area contributed by atoms with Crippen LogP contribution in [0, 0.1) is 0 Å². The Morgan fingerprint density at radius 1 is 0.792 bits per heavy atom. The van der Waals surface area contributed by atoms with E-state index in [9.17, 15) is 0 Å². The largest absolute Gasteiger partial charge is 0.493 e. The standard InChI is InChI=1S/C18H20O4S2/c1-19-13-7-5-11(9-15(13)21-3)17(23)18(24)12-6-8-14(20-2)16(10-12)22-4/h5-10,17,23H,1-4H3. The summed E-state index contributed by atoms with van der Waals surface area (Å²) in [5.41, 5.74) is 1.79. The molecular weight excluding hydrogens is 344 g/mol. The Bertz CT molecular complexity index is 731. The second kappa shape index (κ2) is 8.26. The van der Waals surface area contributed by atoms with Crippen LogP contribution in [0.15, 0.2) is 36.4 Å². The molecule has 1 unspecified atom stereocenters. The van der Waals surface area contributed by atoms with Gasteiger partial charge in [0.05, 0.1) is 33.7 Å². The van der Waals surface area contributed by atoms with Gasteiger partial charge in [-0.1, -0.05) is 18.3 Å². The highest BCUT2D eigenvalue weighted by Crippen LogP contribution is 2.35. The Morgan fingerprint density at radius 2 is 1.29 bits per heavy atom. The van der Waals surface area contributed by atoms with Gasteiger partial charge in [0.25, 0.3) is 0 Å². The Balaban J connectivity index is 2.32. The number of hydrogen-bond acceptors (Lipinski definition) is 6. The van der Waals surface area contributed by atoms with Crippen molar-refractivity contribution < 1.29 is 18.9 Å². The first-order chi connectivity index (χ1) is 11.5. The first-order valence-corrected chi connectivity index (χ1v) is 8.14. The van der Waals surface area contributed by atoms with Crippen molar-refractivity contribution in [1.82, 2.24) is 0 Å². The highest BCUT2D eigenvalue weighted by atomic mass is 32.1. The molecule has 0 amide bonds. The van der Waals surface area contributed by atoms with Crippen molar-refractivity contribution >= 4 is 29.7 Å². The van der Waals surface area contributed by atoms with E-state index in [-0.39, 0.29) is 5.25 Å². The Labute approximate surface area is 153 Å². The zero-order valence-electron chi connectivity index (χ0n) is 14.0. The van der Waals surface area contributed by atoms with Crippen LogP contribution >= 0.6 is 24.8 Å². The normalized spacial score (nSPS) is 11.5. The molecule has 2 aromatic carbocycles. The number of benzene rings is 2. The van der Waals surface area contributed by atoms with E-state index in [1.165, 1.54) is 0 Å². The van der Waals surface area contributed by atoms with E-state index in [1.807, 2.05) is 36.4 Å². The molecule has 0 spiro atoms. The summed E-state index contributed by atoms with van der Waals surface area (Å²) in [4.78, 5) is 0.687. The average Bonchev–Trinajstić information content (AvgIpc) is 2.65. The molecule has 0 radical (unpaired) electrons. The third-order valence-corrected chi connectivity index (χ3v) is 4.84. The molecule has 2 aromatic rings. The summed E-state index contributed by atoms with van der Waals surface area (Å²) in [7, 11) is 6.39. The molecule has 0 aromatic heterocycles. The second-order valence-corrected chi connectivity index (χ2v) is 5.91. The molecule has 1 atom stereocenters. The summed E-state index contributed by atoms with van der Waals surface area (Å²) in [5.74, 6) is 2.60. The fraction of sp³-hybridized carbons (Fsp3) is 0.278. The van der Waals surface area contributed by atoms with Crippen LogP contribution in [0.5, 0.6) is 23.0 Å². The molecule has 0 fully saturated rings. The van der Waals surface area contributed by atoms with E-state index < -0.39 is 0 Å². The molecule has 0 saturated carbocycles. The number of thiol groups is 1. The van der Waals surface area contributed by atoms with Crippen LogP contribution in [-0.2, 0) is 0 Å². The molecule has 0 bridgehead atoms. The SMILES string of the molecule is COc1ccc(C(=S)C(S)c2ccc(OC)c(OC)c2)cc1OC. The highest BCUT2D eigenvalue weighted by Gasteiger charge is 2.18. The molecular formula is C18H20O4S2. The molecule has 6 heteroatoms. The fourth-order valence-electron chi connectivity index (χ4n) is 2.32. The fourth-order valence-corrected chi connectivity index (χ4v) is 2.89. The lowest BCUT2D eigenvalue weighted by molar-refractivity contribution is 0.354. The summed E-state index contributed by atoms with van der Waals surface area (Å²) in [6.45, 7) is 0. The van der Waals surface area contributed by atoms with Crippen molar-refractivity contribution in [2.75, 3.05) is 28.4 Å². The van der Waals surface area contributed by atoms with Crippen LogP contribution < -0.4 is 18.9 Å². The minimum Gasteiger partial charge on any atom is -0.493 e. The van der Waals surface area contributed by atoms with E-state index in [1.54, 1.807) is 28.4 Å². The van der Waals surface area contributed by atoms with Gasteiger partial charge in [-0.25, -0.2) is 0 Å². The summed E-state index contributed by atoms with van der Waals surface area (Å²) in [6.07, 6.45) is 0. The first-order valence-electron chi connectivity index (χ1n) is 7.22. The molecule has 0 heterocycles. The maximum atomic E-state index is 5.61. The van der Waals surface area contributed by atoms with Gasteiger partial charge >= 0.3 is 0 Å². The molecule has 2 rings (SSSR count). The first kappa shape index (κ1) is 18.4. The lowest BCUT2D eigenvalue weighted by atomic mass is 10.0. The van der Waals surface area contributed by atoms with Gasteiger partial charge in [0.2, 0.25) is 0 Å². The Hall–Kier alpha value is -1.92. The zero-order chi connectivity index (χ0) is 17.7. The van der Waals surface area contributed by atoms with Gasteiger partial charge < -0.3 is 18.9 Å². The van der Waals surface area contributed by atoms with Gasteiger partial charge in [0.15, 0.2) is 23.0 Å². The number of rotatable bonds is 7. The Morgan fingerprint density at radius 3 is 1.83 bits per heavy atom. The van der Waals surface area contributed by atoms with Crippen LogP contribution in [0.1, 0.15) is 16.4 Å². The van der Waals surface area contributed by atoms with Crippen LogP contribution in [0.2, 0.25) is 0 Å². The molecule has 24 heavy (non-hydrogen) atoms. The number of thiocarbonyl (C=S) groups is 1. The van der Waals surface area contributed by atoms with Crippen LogP contribution in [-0.4, -0.2) is 33.3 Å². The van der Waals surface area contributed by atoms with Gasteiger partial charge in [0, 0.05) is 4.86 Å². The van der Waals surface area contributed by atoms with Gasteiger partial charge in [-0.3, -0.25) is 0 Å². The third-order valence-electron chi connectivity index (χ3n) is 3.64. The van der Waals surface area contributed by atoms with Crippen LogP contribution in [0.3, 0.4) is 0 Å². The van der Waals surface area contributed by atoms with Crippen molar-refractivity contribution in [3.63, 3.8) is 0 Å². The third kappa shape index (κ3) is 3.76. The lowest BCUT2D eigenvalue weighted by Crippen LogP contribution is -2.07. The van der Waals surface area contributed by atoms with Crippen molar-refractivity contribution in [1.29, 1.82) is 0 Å². The van der Waals surface area contributed by atoms with Crippen molar-refractivity contribution in [2.24, 2.45) is 0 Å². The highest BCUT2D eigenvalue weighted by molar-refractivity contribution is 7.86. The van der Waals surface area contributed by atoms with Crippen LogP contribution in [0.25, 0.3) is 0 Å². The average molecular weight is 364 g/mol. The summed E-state index contributed by atoms with van der Waals surface area (Å²) < 4.78 is 21.2. The van der Waals surface area contributed by atoms with Gasteiger partial charge in [0.1, 0.15) is 0 Å². The van der Waals surface area contributed by atoms with Crippen molar-refractivity contribution in [3.8, 4) is 23.0 Å². The monoisotopic (exact) mass is 364 g/mol. The summed E-state index contributed by atoms with van der Waals surface area (Å²) >= 11 is 10.3. The van der Waals surface area contributed by atoms with E-state index in [0.717, 1.165) is 11.1 Å². The molecule has 0 aliphatic heterocycles. The van der Waals surface area contributed by atoms with Gasteiger partial charge in [-0.05, 0) is 41.5 Å². The number of methoxy groups -OCH3 is 4. The molecule has 0 aliphatic rings. The molecule has 0 saturated heterocycles. The maximum Gasteiger partial charge on any atom is 0.161 e. The predicted octanol–water partition coefficient (Wildman–Crippen LogP) is 4.11. The van der Waals surface area contributed by atoms with Gasteiger partial charge in [-0.2, -0.15) is 12.6 Å². The Kier molecular flexibility index (Phi) is 6.34. The van der Waals surface area contributed by atoms with E-state index >= 15 is 0 Å².